The first-order valence-corrected chi connectivity index (χ1v) is 25.9. The first kappa shape index (κ1) is 47.8. The van der Waals surface area contributed by atoms with Crippen LogP contribution in [0.1, 0.15) is 116 Å². The van der Waals surface area contributed by atoms with E-state index >= 15 is 0 Å². The van der Waals surface area contributed by atoms with E-state index in [2.05, 4.69) is 67.7 Å². The largest absolute Gasteiger partial charge is 0.480 e. The number of piperidine rings is 3. The van der Waals surface area contributed by atoms with Gasteiger partial charge in [0.25, 0.3) is 17.7 Å². The van der Waals surface area contributed by atoms with Crippen molar-refractivity contribution in [1.29, 1.82) is 0 Å². The first-order chi connectivity index (χ1) is 34.5. The molecule has 0 saturated carbocycles. The van der Waals surface area contributed by atoms with Crippen LogP contribution in [-0.2, 0) is 29.0 Å². The zero-order chi connectivity index (χ0) is 50.4. The molecule has 4 aromatic rings. The summed E-state index contributed by atoms with van der Waals surface area (Å²) in [6.45, 7) is 16.9. The van der Waals surface area contributed by atoms with Crippen LogP contribution >= 0.6 is 0 Å². The molecule has 3 aromatic heterocycles. The molecule has 11 rings (SSSR count). The fourth-order valence-corrected chi connectivity index (χ4v) is 13.2. The van der Waals surface area contributed by atoms with Gasteiger partial charge >= 0.3 is 0 Å². The summed E-state index contributed by atoms with van der Waals surface area (Å²) in [7, 11) is 1.60. The molecule has 0 radical (unpaired) electrons. The summed E-state index contributed by atoms with van der Waals surface area (Å²) in [6, 6.07) is 12.7. The molecule has 4 fully saturated rings. The number of anilines is 5. The number of methoxy groups -OCH3 is 1. The van der Waals surface area contributed by atoms with Crippen LogP contribution in [0.2, 0.25) is 0 Å². The molecule has 380 valence electrons. The molecule has 18 nitrogen and oxygen atoms in total. The molecule has 0 bridgehead atoms. The number of nitrogens with one attached hydrogen (secondary N) is 2. The van der Waals surface area contributed by atoms with Gasteiger partial charge in [0.1, 0.15) is 23.2 Å². The Morgan fingerprint density at radius 1 is 0.778 bits per heavy atom. The quantitative estimate of drug-likeness (QED) is 0.180. The molecule has 4 atom stereocenters. The van der Waals surface area contributed by atoms with E-state index in [0.29, 0.717) is 47.6 Å². The van der Waals surface area contributed by atoms with Gasteiger partial charge in [0.15, 0.2) is 0 Å². The third-order valence-electron chi connectivity index (χ3n) is 16.5. The van der Waals surface area contributed by atoms with Gasteiger partial charge in [-0.3, -0.25) is 39.1 Å². The third-order valence-corrected chi connectivity index (χ3v) is 16.5. The van der Waals surface area contributed by atoms with Crippen LogP contribution in [0.4, 0.5) is 28.6 Å². The van der Waals surface area contributed by atoms with E-state index in [1.165, 1.54) is 11.3 Å². The van der Waals surface area contributed by atoms with Gasteiger partial charge in [-0.2, -0.15) is 0 Å². The lowest BCUT2D eigenvalue weighted by Gasteiger charge is -2.52. The van der Waals surface area contributed by atoms with Crippen molar-refractivity contribution in [2.75, 3.05) is 72.9 Å². The zero-order valence-corrected chi connectivity index (χ0v) is 42.3. The highest BCUT2D eigenvalue weighted by Crippen LogP contribution is 2.42. The van der Waals surface area contributed by atoms with Gasteiger partial charge in [0.05, 0.1) is 59.7 Å². The average Bonchev–Trinajstić information content (AvgIpc) is 3.94. The second kappa shape index (κ2) is 18.2. The molecule has 7 aliphatic rings. The van der Waals surface area contributed by atoms with Crippen LogP contribution in [-0.4, -0.2) is 153 Å². The standard InChI is InChI=1S/C54H67N11O7/c1-32-31-60(34-15-18-59(19-16-34)35-9-11-38-39(25-35)51(69)65(50(38)68)42-12-14-46(66)58-48(42)67)20-21-61(32)36-10-13-45(55-29-36)57-40-26-37(30-56-49(40)72-6)62-17-7-8-41(47(62)54(4,5)71)64-23-22-63-43(52(64)70)24-33-27-53(2,3)28-44(33)63/h9-11,13,24-26,29-30,32,34,41-42,47,71H,7-8,12,14-23,27-28,31H2,1-6H3,(H,55,57)(H,58,66,67)/t32-,41-,42?,47+/m0/s1. The van der Waals surface area contributed by atoms with Crippen LogP contribution in [0.5, 0.6) is 5.88 Å². The summed E-state index contributed by atoms with van der Waals surface area (Å²) in [5.74, 6) is -0.867. The van der Waals surface area contributed by atoms with Gasteiger partial charge < -0.3 is 39.3 Å². The van der Waals surface area contributed by atoms with Crippen LogP contribution in [0.3, 0.4) is 0 Å². The van der Waals surface area contributed by atoms with Gasteiger partial charge in [-0.05, 0) is 119 Å². The summed E-state index contributed by atoms with van der Waals surface area (Å²) in [5.41, 5.74) is 6.46. The predicted molar refractivity (Wildman–Crippen MR) is 272 cm³/mol. The number of hydrogen-bond acceptors (Lipinski definition) is 14. The summed E-state index contributed by atoms with van der Waals surface area (Å²) in [5, 5.41) is 17.6. The van der Waals surface area contributed by atoms with E-state index in [1.54, 1.807) is 25.4 Å². The summed E-state index contributed by atoms with van der Waals surface area (Å²) >= 11 is 0. The van der Waals surface area contributed by atoms with Crippen LogP contribution < -0.4 is 30.1 Å². The normalized spacial score (nSPS) is 24.9. The van der Waals surface area contributed by atoms with Crippen LogP contribution in [0.25, 0.3) is 0 Å². The molecular formula is C54H67N11O7. The van der Waals surface area contributed by atoms with Crippen molar-refractivity contribution in [2.45, 2.75) is 128 Å². The lowest BCUT2D eigenvalue weighted by Crippen LogP contribution is -2.65. The Balaban J connectivity index is 0.712. The predicted octanol–water partition coefficient (Wildman–Crippen LogP) is 5.00. The molecule has 4 saturated heterocycles. The van der Waals surface area contributed by atoms with Crippen molar-refractivity contribution in [3.05, 3.63) is 82.9 Å². The second-order valence-corrected chi connectivity index (χ2v) is 22.4. The van der Waals surface area contributed by atoms with E-state index in [0.717, 1.165) is 105 Å². The lowest BCUT2D eigenvalue weighted by molar-refractivity contribution is -0.136. The SMILES string of the molecule is COc1ncc(N2CCC[C@H](N3CCn4c(cc5c4CC(C)(C)C5)C3=O)[C@@H]2C(C)(C)O)cc1Nc1ccc(N2CCN(C3CCN(c4ccc5c(c4)C(=O)N(C4CCC(=O)NC4=O)C5=O)CC3)C[C@@H]2C)cn1. The second-order valence-electron chi connectivity index (χ2n) is 22.4. The van der Waals surface area contributed by atoms with Crippen LogP contribution in [0, 0.1) is 5.41 Å². The number of fused-ring (bicyclic) bond motifs is 4. The Hall–Kier alpha value is -6.53. The van der Waals surface area contributed by atoms with Gasteiger partial charge in [-0.1, -0.05) is 13.8 Å². The van der Waals surface area contributed by atoms with Crippen molar-refractivity contribution in [2.24, 2.45) is 5.41 Å². The van der Waals surface area contributed by atoms with Crippen LogP contribution in [0.15, 0.2) is 54.9 Å². The molecule has 1 unspecified atom stereocenters. The fourth-order valence-electron chi connectivity index (χ4n) is 13.2. The summed E-state index contributed by atoms with van der Waals surface area (Å²) < 4.78 is 8.00. The molecule has 18 heteroatoms. The topological polar surface area (TPSA) is 189 Å². The number of pyridine rings is 2. The number of imide groups is 2. The van der Waals surface area contributed by atoms with Gasteiger partial charge in [0, 0.05) is 82.2 Å². The maximum Gasteiger partial charge on any atom is 0.270 e. The lowest BCUT2D eigenvalue weighted by atomic mass is 9.83. The Morgan fingerprint density at radius 3 is 2.25 bits per heavy atom. The van der Waals surface area contributed by atoms with Gasteiger partial charge in [0.2, 0.25) is 17.7 Å². The minimum atomic E-state index is -1.13. The maximum atomic E-state index is 14.3. The minimum Gasteiger partial charge on any atom is -0.480 e. The van der Waals surface area contributed by atoms with E-state index in [1.807, 2.05) is 43.1 Å². The molecule has 5 amide bonds. The van der Waals surface area contributed by atoms with E-state index < -0.39 is 35.3 Å². The smallest absolute Gasteiger partial charge is 0.270 e. The third kappa shape index (κ3) is 8.52. The Kier molecular flexibility index (Phi) is 12.1. The number of carbonyl (C=O) groups is 5. The Labute approximate surface area is 420 Å². The Bertz CT molecular complexity index is 2830. The van der Waals surface area contributed by atoms with Crippen molar-refractivity contribution in [3.63, 3.8) is 0 Å². The highest BCUT2D eigenvalue weighted by molar-refractivity contribution is 6.23. The fraction of sp³-hybridized carbons (Fsp3) is 0.537. The van der Waals surface area contributed by atoms with Gasteiger partial charge in [-0.15, -0.1) is 0 Å². The average molecular weight is 982 g/mol. The van der Waals surface area contributed by atoms with E-state index in [4.69, 9.17) is 14.7 Å². The van der Waals surface area contributed by atoms with Gasteiger partial charge in [-0.25, -0.2) is 9.97 Å². The summed E-state index contributed by atoms with van der Waals surface area (Å²) in [4.78, 5) is 87.4. The number of amides is 5. The summed E-state index contributed by atoms with van der Waals surface area (Å²) in [6.07, 6.45) is 9.48. The van der Waals surface area contributed by atoms with Crippen molar-refractivity contribution in [3.8, 4) is 5.88 Å². The van der Waals surface area contributed by atoms with E-state index in [9.17, 15) is 29.1 Å². The van der Waals surface area contributed by atoms with Crippen molar-refractivity contribution < 1.29 is 33.8 Å². The number of ether oxygens (including phenoxy) is 1. The molecule has 0 spiro atoms. The molecule has 3 N–H and O–H groups in total. The highest BCUT2D eigenvalue weighted by Gasteiger charge is 2.48. The molecule has 1 aliphatic carbocycles. The van der Waals surface area contributed by atoms with Crippen molar-refractivity contribution >= 4 is 58.1 Å². The monoisotopic (exact) mass is 982 g/mol. The first-order valence-electron chi connectivity index (χ1n) is 25.9. The number of hydrogen-bond donors (Lipinski definition) is 3. The highest BCUT2D eigenvalue weighted by atomic mass is 16.5. The van der Waals surface area contributed by atoms with Crippen molar-refractivity contribution in [1.82, 2.24) is 34.6 Å². The number of aromatic nitrogens is 3. The Morgan fingerprint density at radius 2 is 1.53 bits per heavy atom. The number of carbonyl (C=O) groups excluding carboxylic acids is 5. The minimum absolute atomic E-state index is 0.0478. The number of benzene rings is 1. The number of rotatable bonds is 10. The number of aliphatic hydroxyl groups is 1. The molecule has 1 aromatic carbocycles. The molecule has 9 heterocycles. The molecule has 72 heavy (non-hydrogen) atoms. The number of piperazine rings is 1. The maximum absolute atomic E-state index is 14.3. The molecular weight excluding hydrogens is 915 g/mol. The molecule has 6 aliphatic heterocycles. The zero-order valence-electron chi connectivity index (χ0n) is 42.3. The van der Waals surface area contributed by atoms with E-state index in [-0.39, 0.29) is 42.3 Å². The number of nitrogens with zero attached hydrogens (tertiary/aromatic N) is 9.